The van der Waals surface area contributed by atoms with Crippen molar-refractivity contribution in [2.24, 2.45) is 5.73 Å². The Balaban J connectivity index is 1.67. The van der Waals surface area contributed by atoms with Crippen LogP contribution in [-0.2, 0) is 9.47 Å². The van der Waals surface area contributed by atoms with Crippen LogP contribution in [0.3, 0.4) is 0 Å². The predicted octanol–water partition coefficient (Wildman–Crippen LogP) is 1.72. The van der Waals surface area contributed by atoms with E-state index < -0.39 is 0 Å². The highest BCUT2D eigenvalue weighted by Crippen LogP contribution is 2.23. The topological polar surface area (TPSA) is 121 Å². The number of amides is 2. The molecule has 1 aliphatic rings. The number of ether oxygens (including phenoxy) is 2. The van der Waals surface area contributed by atoms with Crippen molar-refractivity contribution in [2.45, 2.75) is 38.1 Å². The van der Waals surface area contributed by atoms with E-state index in [0.717, 1.165) is 5.56 Å². The number of rotatable bonds is 8. The van der Waals surface area contributed by atoms with Crippen molar-refractivity contribution in [3.05, 3.63) is 52.3 Å². The fraction of sp³-hybridized carbons (Fsp3) is 0.476. The average Bonchev–Trinajstić information content (AvgIpc) is 3.22. The predicted molar refractivity (Wildman–Crippen MR) is 116 cm³/mol. The summed E-state index contributed by atoms with van der Waals surface area (Å²) >= 11 is 6.11. The van der Waals surface area contributed by atoms with Crippen molar-refractivity contribution in [1.29, 1.82) is 0 Å². The number of carbonyl (C=O) groups excluding carboxylic acids is 2. The highest BCUT2D eigenvalue weighted by Gasteiger charge is 2.23. The van der Waals surface area contributed by atoms with E-state index in [1.165, 1.54) is 13.1 Å². The van der Waals surface area contributed by atoms with Crippen LogP contribution in [-0.4, -0.2) is 60.7 Å². The van der Waals surface area contributed by atoms with E-state index in [0.29, 0.717) is 43.3 Å². The first-order valence-corrected chi connectivity index (χ1v) is 10.6. The van der Waals surface area contributed by atoms with E-state index >= 15 is 0 Å². The lowest BCUT2D eigenvalue weighted by Gasteiger charge is -2.27. The molecule has 0 aliphatic carbocycles. The molecule has 0 bridgehead atoms. The van der Waals surface area contributed by atoms with E-state index in [1.54, 1.807) is 10.7 Å². The number of halogens is 1. The molecule has 1 fully saturated rings. The van der Waals surface area contributed by atoms with Gasteiger partial charge in [-0.1, -0.05) is 23.7 Å². The molecule has 2 heterocycles. The van der Waals surface area contributed by atoms with Gasteiger partial charge in [0.15, 0.2) is 12.0 Å². The Morgan fingerprint density at radius 1 is 1.29 bits per heavy atom. The quantitative estimate of drug-likeness (QED) is 0.528. The van der Waals surface area contributed by atoms with E-state index in [4.69, 9.17) is 26.8 Å². The van der Waals surface area contributed by atoms with E-state index in [2.05, 4.69) is 15.7 Å². The van der Waals surface area contributed by atoms with Gasteiger partial charge in [0.2, 0.25) is 0 Å². The normalized spacial score (nSPS) is 19.6. The molecule has 1 aromatic heterocycles. The Morgan fingerprint density at radius 3 is 2.71 bits per heavy atom. The minimum absolute atomic E-state index is 0.0905. The number of nitrogens with one attached hydrogen (secondary N) is 2. The van der Waals surface area contributed by atoms with E-state index in [-0.39, 0.29) is 35.9 Å². The lowest BCUT2D eigenvalue weighted by Crippen LogP contribution is -2.41. The van der Waals surface area contributed by atoms with Gasteiger partial charge in [-0.25, -0.2) is 0 Å². The minimum Gasteiger partial charge on any atom is -0.354 e. The van der Waals surface area contributed by atoms with Gasteiger partial charge in [-0.2, -0.15) is 5.10 Å². The molecule has 0 radical (unpaired) electrons. The molecule has 0 spiro atoms. The molecule has 1 atom stereocenters. The van der Waals surface area contributed by atoms with Crippen LogP contribution in [0.5, 0.6) is 0 Å². The second-order valence-electron chi connectivity index (χ2n) is 7.42. The van der Waals surface area contributed by atoms with Gasteiger partial charge in [0.1, 0.15) is 5.69 Å². The van der Waals surface area contributed by atoms with Crippen molar-refractivity contribution in [3.8, 4) is 0 Å². The molecule has 31 heavy (non-hydrogen) atoms. The molecule has 1 aromatic carbocycles. The summed E-state index contributed by atoms with van der Waals surface area (Å²) in [5.41, 5.74) is 7.06. The Kier molecular flexibility index (Phi) is 8.03. The number of nitrogens with two attached hydrogens (primary N) is 1. The monoisotopic (exact) mass is 449 g/mol. The summed E-state index contributed by atoms with van der Waals surface area (Å²) in [5, 5.41) is 10.4. The van der Waals surface area contributed by atoms with Gasteiger partial charge in [0, 0.05) is 31.1 Å². The van der Waals surface area contributed by atoms with Crippen LogP contribution in [0.4, 0.5) is 0 Å². The zero-order chi connectivity index (χ0) is 22.4. The summed E-state index contributed by atoms with van der Waals surface area (Å²) in [6, 6.07) is 8.42. The third kappa shape index (κ3) is 6.04. The molecule has 4 N–H and O–H groups in total. The summed E-state index contributed by atoms with van der Waals surface area (Å²) < 4.78 is 12.5. The Morgan fingerprint density at radius 2 is 2.03 bits per heavy atom. The zero-order valence-electron chi connectivity index (χ0n) is 17.6. The van der Waals surface area contributed by atoms with Crippen molar-refractivity contribution < 1.29 is 19.1 Å². The van der Waals surface area contributed by atoms with Gasteiger partial charge in [0.05, 0.1) is 25.3 Å². The maximum atomic E-state index is 12.9. The number of hydrogen-bond donors (Lipinski definition) is 3. The smallest absolute Gasteiger partial charge is 0.271 e. The van der Waals surface area contributed by atoms with E-state index in [9.17, 15) is 9.59 Å². The standard InChI is InChI=1S/C21H28ClN5O4/c1-13(14-5-3-6-15(22)9-14)27-18(10-17(26-27)20(28)24-2)21(29)25-8-4-7-19-30-11-16(23)12-31-19/h3,5-6,9-10,13,16,19H,4,7-8,11-12,23H2,1-2H3,(H,24,28)(H,25,29)/t13-,16-,19-/m0/s1. The summed E-state index contributed by atoms with van der Waals surface area (Å²) in [6.07, 6.45) is 1.02. The first-order valence-electron chi connectivity index (χ1n) is 10.2. The van der Waals surface area contributed by atoms with Crippen LogP contribution in [0.15, 0.2) is 30.3 Å². The van der Waals surface area contributed by atoms with Crippen LogP contribution in [0.2, 0.25) is 5.02 Å². The van der Waals surface area contributed by atoms with Crippen LogP contribution in [0, 0.1) is 0 Å². The fourth-order valence-electron chi connectivity index (χ4n) is 3.29. The van der Waals surface area contributed by atoms with Crippen molar-refractivity contribution in [2.75, 3.05) is 26.8 Å². The number of hydrogen-bond acceptors (Lipinski definition) is 6. The SMILES string of the molecule is CNC(=O)c1cc(C(=O)NCCC[C@H]2OC[C@H](N)CO2)n([C@@H](C)c2cccc(Cl)c2)n1. The largest absolute Gasteiger partial charge is 0.354 e. The first kappa shape index (κ1) is 23.2. The summed E-state index contributed by atoms with van der Waals surface area (Å²) in [4.78, 5) is 25.0. The lowest BCUT2D eigenvalue weighted by atomic mass is 10.1. The molecule has 0 saturated carbocycles. The molecule has 10 heteroatoms. The molecule has 2 aromatic rings. The van der Waals surface area contributed by atoms with Gasteiger partial charge in [-0.3, -0.25) is 14.3 Å². The maximum Gasteiger partial charge on any atom is 0.271 e. The highest BCUT2D eigenvalue weighted by molar-refractivity contribution is 6.30. The van der Waals surface area contributed by atoms with Crippen LogP contribution in [0.1, 0.15) is 52.3 Å². The van der Waals surface area contributed by atoms with E-state index in [1.807, 2.05) is 25.1 Å². The third-order valence-electron chi connectivity index (χ3n) is 5.02. The van der Waals surface area contributed by atoms with Gasteiger partial charge in [-0.15, -0.1) is 0 Å². The van der Waals surface area contributed by atoms with Crippen molar-refractivity contribution in [1.82, 2.24) is 20.4 Å². The number of nitrogens with zero attached hydrogens (tertiary/aromatic N) is 2. The number of aromatic nitrogens is 2. The Bertz CT molecular complexity index is 911. The van der Waals surface area contributed by atoms with Gasteiger partial charge in [0.25, 0.3) is 11.8 Å². The van der Waals surface area contributed by atoms with Crippen molar-refractivity contribution in [3.63, 3.8) is 0 Å². The molecule has 2 amide bonds. The molecular weight excluding hydrogens is 422 g/mol. The summed E-state index contributed by atoms with van der Waals surface area (Å²) in [5.74, 6) is -0.681. The average molecular weight is 450 g/mol. The zero-order valence-corrected chi connectivity index (χ0v) is 18.4. The second-order valence-corrected chi connectivity index (χ2v) is 7.86. The number of benzene rings is 1. The van der Waals surface area contributed by atoms with Crippen LogP contribution >= 0.6 is 11.6 Å². The van der Waals surface area contributed by atoms with Crippen LogP contribution in [0.25, 0.3) is 0 Å². The molecule has 1 saturated heterocycles. The molecule has 168 valence electrons. The van der Waals surface area contributed by atoms with Crippen LogP contribution < -0.4 is 16.4 Å². The summed E-state index contributed by atoms with van der Waals surface area (Å²) in [6.45, 7) is 3.27. The lowest BCUT2D eigenvalue weighted by molar-refractivity contribution is -0.188. The summed E-state index contributed by atoms with van der Waals surface area (Å²) in [7, 11) is 1.52. The highest BCUT2D eigenvalue weighted by atomic mass is 35.5. The van der Waals surface area contributed by atoms with Gasteiger partial charge >= 0.3 is 0 Å². The minimum atomic E-state index is -0.365. The fourth-order valence-corrected chi connectivity index (χ4v) is 3.49. The first-order chi connectivity index (χ1) is 14.9. The maximum absolute atomic E-state index is 12.9. The molecule has 3 rings (SSSR count). The van der Waals surface area contributed by atoms with Gasteiger partial charge < -0.3 is 25.8 Å². The molecular formula is C21H28ClN5O4. The Hall–Kier alpha value is -2.46. The number of carbonyl (C=O) groups is 2. The third-order valence-corrected chi connectivity index (χ3v) is 5.26. The second kappa shape index (κ2) is 10.7. The molecule has 1 aliphatic heterocycles. The molecule has 0 unspecified atom stereocenters. The van der Waals surface area contributed by atoms with Crippen molar-refractivity contribution >= 4 is 23.4 Å². The van der Waals surface area contributed by atoms with Gasteiger partial charge in [-0.05, 0) is 31.0 Å². The Labute approximate surface area is 186 Å². The molecule has 9 nitrogen and oxygen atoms in total.